The lowest BCUT2D eigenvalue weighted by molar-refractivity contribution is -0.136. The maximum Gasteiger partial charge on any atom is 0.337 e. The van der Waals surface area contributed by atoms with Gasteiger partial charge in [0.25, 0.3) is 0 Å². The molecule has 4 rings (SSSR count). The summed E-state index contributed by atoms with van der Waals surface area (Å²) < 4.78 is 29.9. The highest BCUT2D eigenvalue weighted by Crippen LogP contribution is 2.36. The number of halogens is 2. The van der Waals surface area contributed by atoms with Gasteiger partial charge in [0.05, 0.1) is 42.2 Å². The van der Waals surface area contributed by atoms with Gasteiger partial charge in [-0.05, 0) is 89.5 Å². The van der Waals surface area contributed by atoms with E-state index in [9.17, 15) is 14.7 Å². The molecule has 0 spiro atoms. The summed E-state index contributed by atoms with van der Waals surface area (Å²) in [5.41, 5.74) is 5.64. The summed E-state index contributed by atoms with van der Waals surface area (Å²) in [4.78, 5) is 24.6. The standard InChI is InChI=1S/C32H34BrIN4O8/c1-5-44-25-14-21(29-28(31(40)43-4)18(2)36-32(41)37-29)8-11-24(25)45-17-27(39)38-35-15-20-12-23(34)30(26(13-20)42-3)46-16-19-6-9-22(33)10-7-19/h6-15,27,29,38-39H,5,16-17H2,1-4H3,(H2,36,37,41)/b35-15-/t27-,29-/m1/s1. The minimum Gasteiger partial charge on any atom is -0.493 e. The Bertz CT molecular complexity index is 1620. The molecule has 3 aromatic carbocycles. The number of hydrogen-bond acceptors (Lipinski definition) is 10. The molecule has 1 aliphatic heterocycles. The zero-order valence-corrected chi connectivity index (χ0v) is 29.3. The van der Waals surface area contributed by atoms with Crippen molar-refractivity contribution in [1.29, 1.82) is 0 Å². The number of nitrogens with zero attached hydrogens (tertiary/aromatic N) is 1. The summed E-state index contributed by atoms with van der Waals surface area (Å²) in [7, 11) is 2.84. The molecule has 2 atom stereocenters. The van der Waals surface area contributed by atoms with Gasteiger partial charge in [0, 0.05) is 10.2 Å². The van der Waals surface area contributed by atoms with Crippen LogP contribution >= 0.6 is 38.5 Å². The summed E-state index contributed by atoms with van der Waals surface area (Å²) in [6, 6.07) is 15.4. The van der Waals surface area contributed by atoms with Crippen LogP contribution in [0.2, 0.25) is 0 Å². The highest BCUT2D eigenvalue weighted by molar-refractivity contribution is 14.1. The van der Waals surface area contributed by atoms with Crippen LogP contribution in [0.3, 0.4) is 0 Å². The SMILES string of the molecule is CCOc1cc([C@H]2NC(=O)NC(C)=C2C(=O)OC)ccc1OC[C@@H](O)N/N=C\c1cc(I)c(OCc2ccc(Br)cc2)c(OC)c1. The number of amides is 2. The summed E-state index contributed by atoms with van der Waals surface area (Å²) >= 11 is 5.61. The van der Waals surface area contributed by atoms with Crippen molar-refractivity contribution >= 4 is 56.7 Å². The van der Waals surface area contributed by atoms with Crippen molar-refractivity contribution in [2.24, 2.45) is 5.10 Å². The van der Waals surface area contributed by atoms with Crippen molar-refractivity contribution in [1.82, 2.24) is 16.1 Å². The number of allylic oxidation sites excluding steroid dienone is 1. The fraction of sp³-hybridized carbons (Fsp3) is 0.281. The number of ether oxygens (including phenoxy) is 5. The van der Waals surface area contributed by atoms with E-state index >= 15 is 0 Å². The second-order valence-electron chi connectivity index (χ2n) is 9.86. The maximum absolute atomic E-state index is 12.5. The lowest BCUT2D eigenvalue weighted by Crippen LogP contribution is -2.45. The van der Waals surface area contributed by atoms with Crippen molar-refractivity contribution in [3.05, 3.63) is 90.6 Å². The number of benzene rings is 3. The smallest absolute Gasteiger partial charge is 0.337 e. The molecule has 0 fully saturated rings. The van der Waals surface area contributed by atoms with Crippen LogP contribution in [-0.4, -0.2) is 57.0 Å². The number of nitrogens with one attached hydrogen (secondary N) is 3. The number of aliphatic hydroxyl groups excluding tert-OH is 1. The molecule has 46 heavy (non-hydrogen) atoms. The number of rotatable bonds is 14. The molecule has 244 valence electrons. The Kier molecular flexibility index (Phi) is 12.5. The summed E-state index contributed by atoms with van der Waals surface area (Å²) in [5.74, 6) is 1.33. The summed E-state index contributed by atoms with van der Waals surface area (Å²) in [6.45, 7) is 4.00. The first kappa shape index (κ1) is 34.8. The second-order valence-corrected chi connectivity index (χ2v) is 11.9. The van der Waals surface area contributed by atoms with E-state index < -0.39 is 24.3 Å². The van der Waals surface area contributed by atoms with Gasteiger partial charge in [0.1, 0.15) is 13.2 Å². The van der Waals surface area contributed by atoms with Crippen LogP contribution in [0.15, 0.2) is 75.4 Å². The van der Waals surface area contributed by atoms with Crippen LogP contribution in [0, 0.1) is 3.57 Å². The molecule has 14 heteroatoms. The van der Waals surface area contributed by atoms with Gasteiger partial charge in [0.2, 0.25) is 0 Å². The Morgan fingerprint density at radius 2 is 1.85 bits per heavy atom. The lowest BCUT2D eigenvalue weighted by Gasteiger charge is -2.28. The number of carbonyl (C=O) groups is 2. The average molecular weight is 809 g/mol. The van der Waals surface area contributed by atoms with E-state index in [1.54, 1.807) is 44.5 Å². The van der Waals surface area contributed by atoms with Gasteiger partial charge >= 0.3 is 12.0 Å². The number of hydrazone groups is 1. The molecule has 0 bridgehead atoms. The van der Waals surface area contributed by atoms with E-state index in [4.69, 9.17) is 23.7 Å². The van der Waals surface area contributed by atoms with E-state index in [2.05, 4.69) is 59.7 Å². The van der Waals surface area contributed by atoms with Gasteiger partial charge in [-0.25, -0.2) is 9.59 Å². The predicted octanol–water partition coefficient (Wildman–Crippen LogP) is 5.16. The Labute approximate surface area is 288 Å². The Morgan fingerprint density at radius 1 is 1.09 bits per heavy atom. The highest BCUT2D eigenvalue weighted by atomic mass is 127. The van der Waals surface area contributed by atoms with Gasteiger partial charge in [-0.15, -0.1) is 0 Å². The molecule has 0 unspecified atom stereocenters. The molecule has 2 amide bonds. The molecular formula is C32H34BrIN4O8. The van der Waals surface area contributed by atoms with Crippen LogP contribution in [0.4, 0.5) is 4.79 Å². The number of methoxy groups -OCH3 is 2. The molecule has 12 nitrogen and oxygen atoms in total. The minimum atomic E-state index is -1.15. The molecule has 0 radical (unpaired) electrons. The van der Waals surface area contributed by atoms with Crippen LogP contribution in [-0.2, 0) is 16.1 Å². The normalized spacial score (nSPS) is 15.1. The molecule has 3 aromatic rings. The molecule has 0 saturated heterocycles. The zero-order valence-electron chi connectivity index (χ0n) is 25.6. The fourth-order valence-corrected chi connectivity index (χ4v) is 5.56. The van der Waals surface area contributed by atoms with Crippen molar-refractivity contribution < 1.29 is 38.4 Å². The number of urea groups is 1. The van der Waals surface area contributed by atoms with Crippen molar-refractivity contribution in [2.45, 2.75) is 32.7 Å². The molecule has 0 saturated carbocycles. The molecule has 1 heterocycles. The zero-order chi connectivity index (χ0) is 33.2. The van der Waals surface area contributed by atoms with Gasteiger partial charge < -0.3 is 39.4 Å². The first-order valence-electron chi connectivity index (χ1n) is 14.1. The maximum atomic E-state index is 12.5. The van der Waals surface area contributed by atoms with Crippen molar-refractivity contribution in [3.63, 3.8) is 0 Å². The van der Waals surface area contributed by atoms with Crippen LogP contribution in [0.5, 0.6) is 23.0 Å². The third-order valence-corrected chi connectivity index (χ3v) is 7.99. The van der Waals surface area contributed by atoms with Gasteiger partial charge in [0.15, 0.2) is 29.2 Å². The topological polar surface area (TPSA) is 149 Å². The third-order valence-electron chi connectivity index (χ3n) is 6.66. The van der Waals surface area contributed by atoms with E-state index in [1.807, 2.05) is 37.3 Å². The Hall–Kier alpha value is -4.02. The van der Waals surface area contributed by atoms with E-state index in [-0.39, 0.29) is 12.2 Å². The van der Waals surface area contributed by atoms with Crippen LogP contribution in [0.1, 0.15) is 36.6 Å². The predicted molar refractivity (Wildman–Crippen MR) is 183 cm³/mol. The van der Waals surface area contributed by atoms with Gasteiger partial charge in [-0.1, -0.05) is 34.1 Å². The van der Waals surface area contributed by atoms with Crippen LogP contribution in [0.25, 0.3) is 0 Å². The first-order chi connectivity index (χ1) is 22.1. The van der Waals surface area contributed by atoms with Crippen molar-refractivity contribution in [2.75, 3.05) is 27.4 Å². The van der Waals surface area contributed by atoms with E-state index in [1.165, 1.54) is 7.11 Å². The van der Waals surface area contributed by atoms with Gasteiger partial charge in [-0.3, -0.25) is 5.43 Å². The number of hydrogen-bond donors (Lipinski definition) is 4. The second kappa shape index (κ2) is 16.5. The monoisotopic (exact) mass is 808 g/mol. The average Bonchev–Trinajstić information content (AvgIpc) is 3.03. The minimum absolute atomic E-state index is 0.156. The molecule has 4 N–H and O–H groups in total. The largest absolute Gasteiger partial charge is 0.493 e. The van der Waals surface area contributed by atoms with E-state index in [0.29, 0.717) is 47.5 Å². The Morgan fingerprint density at radius 3 is 2.54 bits per heavy atom. The number of esters is 1. The van der Waals surface area contributed by atoms with Crippen LogP contribution < -0.4 is 35.0 Å². The lowest BCUT2D eigenvalue weighted by atomic mass is 9.95. The quantitative estimate of drug-likeness (QED) is 0.0570. The molecule has 0 aromatic heterocycles. The molecule has 0 aliphatic carbocycles. The third kappa shape index (κ3) is 9.04. The van der Waals surface area contributed by atoms with Gasteiger partial charge in [-0.2, -0.15) is 5.10 Å². The number of aliphatic hydroxyl groups is 1. The fourth-order valence-electron chi connectivity index (χ4n) is 4.51. The van der Waals surface area contributed by atoms with E-state index in [0.717, 1.165) is 19.2 Å². The summed E-state index contributed by atoms with van der Waals surface area (Å²) in [5, 5.41) is 20.0. The molecular weight excluding hydrogens is 775 g/mol. The molecule has 1 aliphatic rings. The Balaban J connectivity index is 1.38. The van der Waals surface area contributed by atoms with Crippen molar-refractivity contribution in [3.8, 4) is 23.0 Å². The first-order valence-corrected chi connectivity index (χ1v) is 16.0. The highest BCUT2D eigenvalue weighted by Gasteiger charge is 2.32. The number of carbonyl (C=O) groups excluding carboxylic acids is 2. The summed E-state index contributed by atoms with van der Waals surface area (Å²) in [6.07, 6.45) is 0.397.